The zero-order chi connectivity index (χ0) is 9.14. The van der Waals surface area contributed by atoms with Gasteiger partial charge in [0.2, 0.25) is 0 Å². The quantitative estimate of drug-likeness (QED) is 0.627. The Morgan fingerprint density at radius 2 is 2.33 bits per heavy atom. The zero-order valence-electron chi connectivity index (χ0n) is 6.53. The highest BCUT2D eigenvalue weighted by Gasteiger charge is 2.05. The topological polar surface area (TPSA) is 50.2 Å². The number of aromatic nitrogens is 1. The third-order valence-corrected chi connectivity index (χ3v) is 1.34. The number of carboxylic acids is 1. The van der Waals surface area contributed by atoms with Gasteiger partial charge in [0.1, 0.15) is 5.69 Å². The minimum atomic E-state index is -1.06. The number of nitrogens with zero attached hydrogens (tertiary/aromatic N) is 1. The molecule has 0 atom stereocenters. The van der Waals surface area contributed by atoms with Gasteiger partial charge in [0.05, 0.1) is 0 Å². The fourth-order valence-corrected chi connectivity index (χ4v) is 0.861. The van der Waals surface area contributed by atoms with E-state index in [1.807, 2.05) is 0 Å². The monoisotopic (exact) mass is 161 g/mol. The standard InChI is InChI=1S/C9H7NO2/c1-3-7-4-6(2)10-8(5-7)9(11)12/h1,4-5H,2H3,(H,11,12). The van der Waals surface area contributed by atoms with Crippen LogP contribution in [0.1, 0.15) is 21.7 Å². The molecule has 1 aromatic rings. The number of hydrogen-bond donors (Lipinski definition) is 1. The number of rotatable bonds is 1. The Morgan fingerprint density at radius 3 is 2.83 bits per heavy atom. The number of carboxylic acid groups (broad SMARTS) is 1. The summed E-state index contributed by atoms with van der Waals surface area (Å²) in [7, 11) is 0. The zero-order valence-corrected chi connectivity index (χ0v) is 6.53. The Labute approximate surface area is 70.1 Å². The number of terminal acetylenes is 1. The van der Waals surface area contributed by atoms with E-state index in [9.17, 15) is 4.79 Å². The van der Waals surface area contributed by atoms with Crippen LogP contribution in [0, 0.1) is 19.3 Å². The fourth-order valence-electron chi connectivity index (χ4n) is 0.861. The van der Waals surface area contributed by atoms with Crippen LogP contribution in [-0.2, 0) is 0 Å². The third-order valence-electron chi connectivity index (χ3n) is 1.34. The molecule has 1 rings (SSSR count). The summed E-state index contributed by atoms with van der Waals surface area (Å²) in [6, 6.07) is 3.03. The fraction of sp³-hybridized carbons (Fsp3) is 0.111. The Kier molecular flexibility index (Phi) is 2.11. The molecule has 1 N–H and O–H groups in total. The molecule has 0 amide bonds. The molecule has 3 nitrogen and oxygen atoms in total. The van der Waals surface area contributed by atoms with Crippen molar-refractivity contribution in [2.75, 3.05) is 0 Å². The Hall–Kier alpha value is -1.82. The van der Waals surface area contributed by atoms with E-state index >= 15 is 0 Å². The van der Waals surface area contributed by atoms with Gasteiger partial charge in [0, 0.05) is 11.3 Å². The molecule has 0 aromatic carbocycles. The van der Waals surface area contributed by atoms with Crippen LogP contribution < -0.4 is 0 Å². The van der Waals surface area contributed by atoms with Crippen LogP contribution in [0.3, 0.4) is 0 Å². The van der Waals surface area contributed by atoms with Crippen molar-refractivity contribution in [2.24, 2.45) is 0 Å². The van der Waals surface area contributed by atoms with Crippen molar-refractivity contribution in [3.8, 4) is 12.3 Å². The van der Waals surface area contributed by atoms with Gasteiger partial charge in [-0.05, 0) is 19.1 Å². The van der Waals surface area contributed by atoms with Crippen molar-refractivity contribution >= 4 is 5.97 Å². The highest BCUT2D eigenvalue weighted by molar-refractivity contribution is 5.85. The van der Waals surface area contributed by atoms with E-state index in [1.54, 1.807) is 13.0 Å². The predicted octanol–water partition coefficient (Wildman–Crippen LogP) is 1.07. The SMILES string of the molecule is C#Cc1cc(C)nc(C(=O)O)c1. The van der Waals surface area contributed by atoms with Crippen molar-refractivity contribution < 1.29 is 9.90 Å². The van der Waals surface area contributed by atoms with Gasteiger partial charge in [-0.2, -0.15) is 0 Å². The maximum atomic E-state index is 10.5. The maximum Gasteiger partial charge on any atom is 0.354 e. The van der Waals surface area contributed by atoms with Gasteiger partial charge in [-0.25, -0.2) is 9.78 Å². The van der Waals surface area contributed by atoms with Crippen molar-refractivity contribution in [1.29, 1.82) is 0 Å². The molecule has 0 unspecified atom stereocenters. The van der Waals surface area contributed by atoms with Gasteiger partial charge < -0.3 is 5.11 Å². The second-order valence-corrected chi connectivity index (χ2v) is 2.33. The summed E-state index contributed by atoms with van der Waals surface area (Å²) >= 11 is 0. The first-order valence-electron chi connectivity index (χ1n) is 3.32. The van der Waals surface area contributed by atoms with Gasteiger partial charge in [-0.3, -0.25) is 0 Å². The van der Waals surface area contributed by atoms with Gasteiger partial charge in [-0.15, -0.1) is 6.42 Å². The molecule has 1 aromatic heterocycles. The van der Waals surface area contributed by atoms with Crippen molar-refractivity contribution in [3.05, 3.63) is 29.1 Å². The van der Waals surface area contributed by atoms with E-state index in [4.69, 9.17) is 11.5 Å². The molecule has 0 saturated heterocycles. The summed E-state index contributed by atoms with van der Waals surface area (Å²) in [6.07, 6.45) is 5.12. The Balaban J connectivity index is 3.26. The summed E-state index contributed by atoms with van der Waals surface area (Å²) in [4.78, 5) is 14.3. The first-order valence-corrected chi connectivity index (χ1v) is 3.32. The van der Waals surface area contributed by atoms with Crippen LogP contribution in [0.2, 0.25) is 0 Å². The van der Waals surface area contributed by atoms with Gasteiger partial charge in [0.25, 0.3) is 0 Å². The van der Waals surface area contributed by atoms with Crippen LogP contribution in [0.25, 0.3) is 0 Å². The molecule has 0 aliphatic carbocycles. The minimum Gasteiger partial charge on any atom is -0.477 e. The lowest BCUT2D eigenvalue weighted by Crippen LogP contribution is -2.01. The van der Waals surface area contributed by atoms with E-state index in [1.165, 1.54) is 6.07 Å². The summed E-state index contributed by atoms with van der Waals surface area (Å²) in [5.74, 6) is 1.30. The van der Waals surface area contributed by atoms with Crippen molar-refractivity contribution in [1.82, 2.24) is 4.98 Å². The van der Waals surface area contributed by atoms with Crippen LogP contribution in [0.15, 0.2) is 12.1 Å². The lowest BCUT2D eigenvalue weighted by atomic mass is 10.2. The van der Waals surface area contributed by atoms with Gasteiger partial charge in [-0.1, -0.05) is 5.92 Å². The smallest absolute Gasteiger partial charge is 0.354 e. The van der Waals surface area contributed by atoms with Crippen molar-refractivity contribution in [2.45, 2.75) is 6.92 Å². The molecule has 0 saturated carbocycles. The Bertz CT molecular complexity index is 363. The molecule has 0 aliphatic rings. The molecule has 0 fully saturated rings. The normalized spacial score (nSPS) is 9.00. The number of aromatic carboxylic acids is 1. The average Bonchev–Trinajstić information content (AvgIpc) is 2.03. The van der Waals surface area contributed by atoms with E-state index in [-0.39, 0.29) is 5.69 Å². The number of carbonyl (C=O) groups is 1. The predicted molar refractivity (Wildman–Crippen MR) is 43.9 cm³/mol. The lowest BCUT2D eigenvalue weighted by molar-refractivity contribution is 0.0690. The number of hydrogen-bond acceptors (Lipinski definition) is 2. The first-order chi connectivity index (χ1) is 5.63. The summed E-state index contributed by atoms with van der Waals surface area (Å²) in [5, 5.41) is 8.60. The lowest BCUT2D eigenvalue weighted by Gasteiger charge is -1.97. The maximum absolute atomic E-state index is 10.5. The second-order valence-electron chi connectivity index (χ2n) is 2.33. The number of pyridine rings is 1. The molecule has 0 radical (unpaired) electrons. The van der Waals surface area contributed by atoms with Crippen LogP contribution in [0.4, 0.5) is 0 Å². The largest absolute Gasteiger partial charge is 0.477 e. The third kappa shape index (κ3) is 1.61. The van der Waals surface area contributed by atoms with E-state index < -0.39 is 5.97 Å². The molecular formula is C9H7NO2. The summed E-state index contributed by atoms with van der Waals surface area (Å²) < 4.78 is 0. The van der Waals surface area contributed by atoms with Crippen LogP contribution in [0.5, 0.6) is 0 Å². The minimum absolute atomic E-state index is 0.0112. The van der Waals surface area contributed by atoms with Gasteiger partial charge in [0.15, 0.2) is 0 Å². The molecule has 3 heteroatoms. The highest BCUT2D eigenvalue weighted by atomic mass is 16.4. The number of aryl methyl sites for hydroxylation is 1. The van der Waals surface area contributed by atoms with E-state index in [2.05, 4.69) is 10.9 Å². The van der Waals surface area contributed by atoms with Crippen LogP contribution >= 0.6 is 0 Å². The summed E-state index contributed by atoms with van der Waals surface area (Å²) in [6.45, 7) is 1.70. The Morgan fingerprint density at radius 1 is 1.67 bits per heavy atom. The summed E-state index contributed by atoms with van der Waals surface area (Å²) in [5.41, 5.74) is 1.14. The highest BCUT2D eigenvalue weighted by Crippen LogP contribution is 2.03. The first kappa shape index (κ1) is 8.28. The average molecular weight is 161 g/mol. The molecule has 60 valence electrons. The molecule has 12 heavy (non-hydrogen) atoms. The molecule has 1 heterocycles. The van der Waals surface area contributed by atoms with Crippen molar-refractivity contribution in [3.63, 3.8) is 0 Å². The molecule has 0 aliphatic heterocycles. The molecule has 0 bridgehead atoms. The van der Waals surface area contributed by atoms with E-state index in [0.29, 0.717) is 11.3 Å². The van der Waals surface area contributed by atoms with Gasteiger partial charge >= 0.3 is 5.97 Å². The molecule has 0 spiro atoms. The van der Waals surface area contributed by atoms with Crippen LogP contribution in [-0.4, -0.2) is 16.1 Å². The molecular weight excluding hydrogens is 154 g/mol. The second kappa shape index (κ2) is 3.05. The van der Waals surface area contributed by atoms with E-state index in [0.717, 1.165) is 0 Å².